The second-order valence-corrected chi connectivity index (χ2v) is 7.05. The number of aromatic nitrogens is 3. The highest BCUT2D eigenvalue weighted by Crippen LogP contribution is 2.32. The Balaban J connectivity index is 1.47. The van der Waals surface area contributed by atoms with Crippen molar-refractivity contribution < 1.29 is 14.1 Å². The van der Waals surface area contributed by atoms with Crippen molar-refractivity contribution in [1.82, 2.24) is 24.6 Å². The van der Waals surface area contributed by atoms with Crippen LogP contribution in [0.2, 0.25) is 0 Å². The zero-order valence-electron chi connectivity index (χ0n) is 15.1. The van der Waals surface area contributed by atoms with Crippen LogP contribution in [0.15, 0.2) is 30.6 Å². The van der Waals surface area contributed by atoms with Gasteiger partial charge in [0.2, 0.25) is 5.82 Å². The van der Waals surface area contributed by atoms with Gasteiger partial charge in [-0.2, -0.15) is 5.10 Å². The fraction of sp³-hybridized carbons (Fsp3) is 0.471. The first kappa shape index (κ1) is 18.3. The molecule has 2 atom stereocenters. The smallest absolute Gasteiger partial charge is 0.323 e. The van der Waals surface area contributed by atoms with Crippen LogP contribution < -0.4 is 5.32 Å². The number of alkyl halides is 1. The van der Waals surface area contributed by atoms with Crippen molar-refractivity contribution in [2.45, 2.75) is 0 Å². The lowest BCUT2D eigenvalue weighted by atomic mass is 10.0. The maximum atomic E-state index is 12.7. The van der Waals surface area contributed by atoms with Crippen LogP contribution in [-0.2, 0) is 0 Å². The van der Waals surface area contributed by atoms with Crippen molar-refractivity contribution in [3.63, 3.8) is 0 Å². The number of carbonyl (C=O) groups excluding carboxylic acids is 1. The Hall–Kier alpha value is -3.08. The molecule has 0 spiro atoms. The molecule has 2 fully saturated rings. The first-order valence-corrected chi connectivity index (χ1v) is 9.05. The number of amides is 2. The standard InChI is InChI=1S/C17H20FN7O3/c18-4-7-22-8-12-10-23(11-13(12)9-22)17(26)21-16-14(25(27)28)2-3-15(20-16)24-6-1-5-19-24/h1-3,5-6,12-13H,4,7-11H2,(H,20,21,26). The summed E-state index contributed by atoms with van der Waals surface area (Å²) in [6.07, 6.45) is 3.22. The number of rotatable bonds is 5. The average molecular weight is 389 g/mol. The van der Waals surface area contributed by atoms with Crippen molar-refractivity contribution in [3.8, 4) is 5.82 Å². The fourth-order valence-corrected chi connectivity index (χ4v) is 3.95. The van der Waals surface area contributed by atoms with Crippen LogP contribution in [0.25, 0.3) is 5.82 Å². The number of anilines is 1. The molecular formula is C17H20FN7O3. The van der Waals surface area contributed by atoms with Crippen LogP contribution in [0.1, 0.15) is 0 Å². The Morgan fingerprint density at radius 3 is 2.64 bits per heavy atom. The Labute approximate surface area is 160 Å². The Kier molecular flexibility index (Phi) is 4.90. The van der Waals surface area contributed by atoms with E-state index in [4.69, 9.17) is 0 Å². The van der Waals surface area contributed by atoms with Gasteiger partial charge in [-0.05, 0) is 24.0 Å². The minimum atomic E-state index is -0.580. The number of hydrogen-bond donors (Lipinski definition) is 1. The number of likely N-dealkylation sites (tertiary alicyclic amines) is 2. The summed E-state index contributed by atoms with van der Waals surface area (Å²) in [4.78, 5) is 31.4. The molecule has 2 aromatic heterocycles. The predicted molar refractivity (Wildman–Crippen MR) is 98.0 cm³/mol. The zero-order valence-corrected chi connectivity index (χ0v) is 15.1. The summed E-state index contributed by atoms with van der Waals surface area (Å²) in [7, 11) is 0. The molecule has 2 aliphatic rings. The van der Waals surface area contributed by atoms with E-state index in [2.05, 4.69) is 20.3 Å². The van der Waals surface area contributed by atoms with Gasteiger partial charge in [-0.1, -0.05) is 0 Å². The van der Waals surface area contributed by atoms with Gasteiger partial charge in [0.25, 0.3) is 0 Å². The second kappa shape index (κ2) is 7.50. The van der Waals surface area contributed by atoms with Gasteiger partial charge in [-0.3, -0.25) is 15.4 Å². The van der Waals surface area contributed by atoms with E-state index in [-0.39, 0.29) is 18.2 Å². The molecular weight excluding hydrogens is 369 g/mol. The van der Waals surface area contributed by atoms with E-state index in [0.29, 0.717) is 37.3 Å². The third-order valence-corrected chi connectivity index (χ3v) is 5.27. The summed E-state index contributed by atoms with van der Waals surface area (Å²) in [5.41, 5.74) is -0.280. The quantitative estimate of drug-likeness (QED) is 0.614. The average Bonchev–Trinajstić information content (AvgIpc) is 3.38. The molecule has 2 saturated heterocycles. The molecule has 4 heterocycles. The maximum Gasteiger partial charge on any atom is 0.323 e. The van der Waals surface area contributed by atoms with E-state index in [0.717, 1.165) is 13.1 Å². The molecule has 4 rings (SSSR count). The number of nitro groups is 1. The second-order valence-electron chi connectivity index (χ2n) is 7.05. The molecule has 2 aliphatic heterocycles. The molecule has 1 N–H and O–H groups in total. The number of pyridine rings is 1. The first-order valence-electron chi connectivity index (χ1n) is 9.05. The third-order valence-electron chi connectivity index (χ3n) is 5.27. The molecule has 2 amide bonds. The molecule has 0 radical (unpaired) electrons. The monoisotopic (exact) mass is 389 g/mol. The molecule has 11 heteroatoms. The Morgan fingerprint density at radius 1 is 1.29 bits per heavy atom. The highest BCUT2D eigenvalue weighted by Gasteiger charge is 2.41. The van der Waals surface area contributed by atoms with Gasteiger partial charge >= 0.3 is 11.7 Å². The van der Waals surface area contributed by atoms with Crippen LogP contribution in [0.3, 0.4) is 0 Å². The number of nitrogens with one attached hydrogen (secondary N) is 1. The molecule has 148 valence electrons. The molecule has 0 aromatic carbocycles. The van der Waals surface area contributed by atoms with E-state index in [1.807, 2.05) is 0 Å². The summed E-state index contributed by atoms with van der Waals surface area (Å²) in [5.74, 6) is 0.858. The van der Waals surface area contributed by atoms with E-state index >= 15 is 0 Å². The molecule has 0 aliphatic carbocycles. The van der Waals surface area contributed by atoms with Crippen molar-refractivity contribution in [1.29, 1.82) is 0 Å². The van der Waals surface area contributed by atoms with Crippen LogP contribution in [0.5, 0.6) is 0 Å². The minimum absolute atomic E-state index is 0.112. The van der Waals surface area contributed by atoms with Gasteiger partial charge in [0.1, 0.15) is 6.67 Å². The topological polar surface area (TPSA) is 109 Å². The lowest BCUT2D eigenvalue weighted by Crippen LogP contribution is -2.36. The van der Waals surface area contributed by atoms with Crippen molar-refractivity contribution in [2.75, 3.05) is 44.7 Å². The number of urea groups is 1. The number of halogens is 1. The highest BCUT2D eigenvalue weighted by molar-refractivity contribution is 5.90. The summed E-state index contributed by atoms with van der Waals surface area (Å²) >= 11 is 0. The van der Waals surface area contributed by atoms with Gasteiger partial charge < -0.3 is 9.80 Å². The number of fused-ring (bicyclic) bond motifs is 1. The minimum Gasteiger partial charge on any atom is -0.324 e. The van der Waals surface area contributed by atoms with Crippen molar-refractivity contribution >= 4 is 17.5 Å². The number of carbonyl (C=O) groups is 1. The van der Waals surface area contributed by atoms with Gasteiger partial charge in [-0.15, -0.1) is 0 Å². The van der Waals surface area contributed by atoms with Crippen LogP contribution in [-0.4, -0.2) is 74.9 Å². The van der Waals surface area contributed by atoms with Gasteiger partial charge in [-0.25, -0.2) is 18.9 Å². The normalized spacial score (nSPS) is 21.7. The van der Waals surface area contributed by atoms with E-state index in [1.54, 1.807) is 23.4 Å². The van der Waals surface area contributed by atoms with Gasteiger partial charge in [0.15, 0.2) is 5.82 Å². The lowest BCUT2D eigenvalue weighted by Gasteiger charge is -2.21. The highest BCUT2D eigenvalue weighted by atomic mass is 19.1. The van der Waals surface area contributed by atoms with Crippen LogP contribution in [0.4, 0.5) is 20.7 Å². The Morgan fingerprint density at radius 2 is 2.04 bits per heavy atom. The Bertz CT molecular complexity index is 862. The summed E-state index contributed by atoms with van der Waals surface area (Å²) in [6.45, 7) is 2.69. The third kappa shape index (κ3) is 3.52. The van der Waals surface area contributed by atoms with Crippen LogP contribution >= 0.6 is 0 Å². The largest absolute Gasteiger partial charge is 0.324 e. The molecule has 10 nitrogen and oxygen atoms in total. The molecule has 0 saturated carbocycles. The molecule has 28 heavy (non-hydrogen) atoms. The lowest BCUT2D eigenvalue weighted by molar-refractivity contribution is -0.384. The van der Waals surface area contributed by atoms with Crippen LogP contribution in [0, 0.1) is 22.0 Å². The summed E-state index contributed by atoms with van der Waals surface area (Å²) in [6, 6.07) is 4.06. The van der Waals surface area contributed by atoms with E-state index in [1.165, 1.54) is 16.8 Å². The van der Waals surface area contributed by atoms with E-state index in [9.17, 15) is 19.3 Å². The number of hydrogen-bond acceptors (Lipinski definition) is 6. The zero-order chi connectivity index (χ0) is 19.7. The SMILES string of the molecule is O=C(Nc1nc(-n2cccn2)ccc1[N+](=O)[O-])N1CC2CN(CCF)CC2C1. The molecule has 0 bridgehead atoms. The molecule has 2 unspecified atom stereocenters. The maximum absolute atomic E-state index is 12.7. The van der Waals surface area contributed by atoms with Crippen molar-refractivity contribution in [2.24, 2.45) is 11.8 Å². The summed E-state index contributed by atoms with van der Waals surface area (Å²) in [5, 5.41) is 18.0. The predicted octanol–water partition coefficient (Wildman–Crippen LogP) is 1.54. The van der Waals surface area contributed by atoms with Crippen molar-refractivity contribution in [3.05, 3.63) is 40.7 Å². The summed E-state index contributed by atoms with van der Waals surface area (Å²) < 4.78 is 14.0. The molecule has 2 aromatic rings. The first-order chi connectivity index (χ1) is 13.5. The fourth-order valence-electron chi connectivity index (χ4n) is 3.95. The van der Waals surface area contributed by atoms with Gasteiger partial charge in [0, 0.05) is 51.2 Å². The van der Waals surface area contributed by atoms with Gasteiger partial charge in [0.05, 0.1) is 4.92 Å². The van der Waals surface area contributed by atoms with E-state index < -0.39 is 11.0 Å². The number of nitrogens with zero attached hydrogens (tertiary/aromatic N) is 6.